The number of fused-ring (bicyclic) bond motifs is 1. The van der Waals surface area contributed by atoms with Crippen LogP contribution in [0.4, 0.5) is 0 Å². The largest absolute Gasteiger partial charge is 0.292 e. The molecule has 2 aromatic carbocycles. The number of ketones is 1. The molecule has 0 bridgehead atoms. The number of hydrogen-bond acceptors (Lipinski definition) is 4. The predicted octanol–water partition coefficient (Wildman–Crippen LogP) is 4.88. The van der Waals surface area contributed by atoms with Gasteiger partial charge in [0.15, 0.2) is 5.78 Å². The molecule has 0 amide bonds. The third-order valence-corrected chi connectivity index (χ3v) is 6.20. The van der Waals surface area contributed by atoms with E-state index in [9.17, 15) is 9.59 Å². The Morgan fingerprint density at radius 2 is 1.79 bits per heavy atom. The van der Waals surface area contributed by atoms with Gasteiger partial charge in [-0.3, -0.25) is 14.2 Å². The first kappa shape index (κ1) is 18.3. The summed E-state index contributed by atoms with van der Waals surface area (Å²) < 4.78 is 1.41. The highest BCUT2D eigenvalue weighted by atomic mass is 32.1. The van der Waals surface area contributed by atoms with Crippen LogP contribution in [0.15, 0.2) is 65.7 Å². The fraction of sp³-hybridized carbons (Fsp3) is 0.174. The molecular formula is C23H20N2O2S. The zero-order valence-corrected chi connectivity index (χ0v) is 16.6. The molecule has 4 rings (SSSR count). The molecule has 0 spiro atoms. The van der Waals surface area contributed by atoms with Crippen molar-refractivity contribution in [2.24, 2.45) is 0 Å². The van der Waals surface area contributed by atoms with Gasteiger partial charge in [-0.15, -0.1) is 11.3 Å². The number of nitrogens with zero attached hydrogens (tertiary/aromatic N) is 2. The van der Waals surface area contributed by atoms with Crippen LogP contribution < -0.4 is 5.56 Å². The lowest BCUT2D eigenvalue weighted by molar-refractivity contribution is 0.0970. The van der Waals surface area contributed by atoms with E-state index in [1.54, 1.807) is 0 Å². The van der Waals surface area contributed by atoms with Gasteiger partial charge < -0.3 is 0 Å². The monoisotopic (exact) mass is 388 g/mol. The summed E-state index contributed by atoms with van der Waals surface area (Å²) in [7, 11) is 0. The van der Waals surface area contributed by atoms with Crippen molar-refractivity contribution in [3.05, 3.63) is 88.0 Å². The SMILES string of the molecule is CCc1ccc(C(=O)Cn2cnc3sc(-c4ccccc4)c(C)c3c2=O)cc1. The highest BCUT2D eigenvalue weighted by Crippen LogP contribution is 2.35. The molecule has 0 unspecified atom stereocenters. The fourth-order valence-corrected chi connectivity index (χ4v) is 4.45. The molecule has 0 aliphatic heterocycles. The number of aryl methyl sites for hydroxylation is 2. The number of Topliss-reactive ketones (excluding diaryl/α,β-unsaturated/α-hetero) is 1. The van der Waals surface area contributed by atoms with Crippen molar-refractivity contribution in [2.75, 3.05) is 0 Å². The molecular weight excluding hydrogens is 368 g/mol. The summed E-state index contributed by atoms with van der Waals surface area (Å²) in [4.78, 5) is 31.9. The van der Waals surface area contributed by atoms with Crippen molar-refractivity contribution in [3.8, 4) is 10.4 Å². The first-order valence-electron chi connectivity index (χ1n) is 9.24. The molecule has 0 saturated heterocycles. The minimum absolute atomic E-state index is 0.0107. The van der Waals surface area contributed by atoms with Crippen molar-refractivity contribution in [2.45, 2.75) is 26.8 Å². The molecule has 4 aromatic rings. The third-order valence-electron chi connectivity index (χ3n) is 4.95. The van der Waals surface area contributed by atoms with Crippen molar-refractivity contribution in [1.82, 2.24) is 9.55 Å². The molecule has 4 nitrogen and oxygen atoms in total. The first-order valence-corrected chi connectivity index (χ1v) is 10.1. The maximum atomic E-state index is 13.0. The average molecular weight is 388 g/mol. The molecule has 2 aromatic heterocycles. The summed E-state index contributed by atoms with van der Waals surface area (Å²) >= 11 is 1.51. The second-order valence-electron chi connectivity index (χ2n) is 6.75. The third kappa shape index (κ3) is 3.29. The Labute approximate surface area is 167 Å². The highest BCUT2D eigenvalue weighted by Gasteiger charge is 2.17. The lowest BCUT2D eigenvalue weighted by Gasteiger charge is -2.06. The minimum Gasteiger partial charge on any atom is -0.292 e. The van der Waals surface area contributed by atoms with Crippen LogP contribution in [0.25, 0.3) is 20.7 Å². The van der Waals surface area contributed by atoms with Gasteiger partial charge in [0.2, 0.25) is 0 Å². The van der Waals surface area contributed by atoms with Gasteiger partial charge in [0.25, 0.3) is 5.56 Å². The van der Waals surface area contributed by atoms with Crippen LogP contribution in [-0.2, 0) is 13.0 Å². The highest BCUT2D eigenvalue weighted by molar-refractivity contribution is 7.22. The van der Waals surface area contributed by atoms with Gasteiger partial charge in [-0.25, -0.2) is 4.98 Å². The van der Waals surface area contributed by atoms with E-state index >= 15 is 0 Å². The topological polar surface area (TPSA) is 52.0 Å². The number of rotatable bonds is 5. The molecule has 0 aliphatic rings. The van der Waals surface area contributed by atoms with Gasteiger partial charge in [0.1, 0.15) is 4.83 Å². The molecule has 140 valence electrons. The Bertz CT molecular complexity index is 1210. The van der Waals surface area contributed by atoms with Gasteiger partial charge in [0, 0.05) is 10.4 Å². The van der Waals surface area contributed by atoms with Crippen molar-refractivity contribution in [3.63, 3.8) is 0 Å². The summed E-state index contributed by atoms with van der Waals surface area (Å²) in [6.07, 6.45) is 2.41. The van der Waals surface area contributed by atoms with Gasteiger partial charge >= 0.3 is 0 Å². The van der Waals surface area contributed by atoms with E-state index in [4.69, 9.17) is 0 Å². The van der Waals surface area contributed by atoms with Crippen LogP contribution in [0.5, 0.6) is 0 Å². The van der Waals surface area contributed by atoms with Crippen LogP contribution in [0.2, 0.25) is 0 Å². The Morgan fingerprint density at radius 3 is 2.46 bits per heavy atom. The standard InChI is InChI=1S/C23H20N2O2S/c1-3-16-9-11-17(12-10-16)19(26)13-25-14-24-22-20(23(25)27)15(2)21(28-22)18-7-5-4-6-8-18/h4-12,14H,3,13H2,1-2H3. The first-order chi connectivity index (χ1) is 13.6. The van der Waals surface area contributed by atoms with Crippen LogP contribution in [-0.4, -0.2) is 15.3 Å². The van der Waals surface area contributed by atoms with Crippen LogP contribution in [0.1, 0.15) is 28.4 Å². The summed E-state index contributed by atoms with van der Waals surface area (Å²) in [5, 5.41) is 0.598. The number of hydrogen-bond donors (Lipinski definition) is 0. The molecule has 5 heteroatoms. The number of aromatic nitrogens is 2. The van der Waals surface area contributed by atoms with Crippen LogP contribution in [0, 0.1) is 6.92 Å². The van der Waals surface area contributed by atoms with E-state index in [-0.39, 0.29) is 17.9 Å². The molecule has 0 atom stereocenters. The Morgan fingerprint density at radius 1 is 1.07 bits per heavy atom. The predicted molar refractivity (Wildman–Crippen MR) is 114 cm³/mol. The lowest BCUT2D eigenvalue weighted by Crippen LogP contribution is -2.24. The molecule has 2 heterocycles. The second-order valence-corrected chi connectivity index (χ2v) is 7.75. The summed E-state index contributed by atoms with van der Waals surface area (Å²) in [5.41, 5.74) is 3.61. The molecule has 28 heavy (non-hydrogen) atoms. The summed E-state index contributed by atoms with van der Waals surface area (Å²) in [5.74, 6) is -0.0953. The Balaban J connectivity index is 1.70. The average Bonchev–Trinajstić information content (AvgIpc) is 3.08. The van der Waals surface area contributed by atoms with E-state index in [0.717, 1.165) is 22.4 Å². The van der Waals surface area contributed by atoms with Crippen LogP contribution in [0.3, 0.4) is 0 Å². The number of carbonyl (C=O) groups is 1. The second kappa shape index (κ2) is 7.52. The maximum Gasteiger partial charge on any atom is 0.262 e. The van der Waals surface area contributed by atoms with E-state index in [1.807, 2.05) is 61.5 Å². The normalized spacial score (nSPS) is 11.1. The van der Waals surface area contributed by atoms with Gasteiger partial charge in [-0.1, -0.05) is 61.5 Å². The van der Waals surface area contributed by atoms with E-state index in [0.29, 0.717) is 15.8 Å². The van der Waals surface area contributed by atoms with Crippen LogP contribution >= 0.6 is 11.3 Å². The van der Waals surface area contributed by atoms with Crippen molar-refractivity contribution in [1.29, 1.82) is 0 Å². The number of thiophene rings is 1. The molecule has 0 N–H and O–H groups in total. The molecule has 0 aliphatic carbocycles. The smallest absolute Gasteiger partial charge is 0.262 e. The minimum atomic E-state index is -0.167. The molecule has 0 fully saturated rings. The van der Waals surface area contributed by atoms with Crippen molar-refractivity contribution < 1.29 is 4.79 Å². The van der Waals surface area contributed by atoms with Gasteiger partial charge in [0.05, 0.1) is 18.3 Å². The van der Waals surface area contributed by atoms with E-state index in [2.05, 4.69) is 11.9 Å². The van der Waals surface area contributed by atoms with Gasteiger partial charge in [-0.05, 0) is 30.0 Å². The Hall–Kier alpha value is -3.05. The lowest BCUT2D eigenvalue weighted by atomic mass is 10.1. The molecule has 0 radical (unpaired) electrons. The Kier molecular flexibility index (Phi) is 4.92. The fourth-order valence-electron chi connectivity index (χ4n) is 3.31. The zero-order valence-electron chi connectivity index (χ0n) is 15.8. The number of benzene rings is 2. The maximum absolute atomic E-state index is 13.0. The molecule has 0 saturated carbocycles. The van der Waals surface area contributed by atoms with Crippen molar-refractivity contribution >= 4 is 27.3 Å². The summed E-state index contributed by atoms with van der Waals surface area (Å²) in [6.45, 7) is 4.01. The quantitative estimate of drug-likeness (QED) is 0.458. The van der Waals surface area contributed by atoms with E-state index in [1.165, 1.54) is 27.8 Å². The summed E-state index contributed by atoms with van der Waals surface area (Å²) in [6, 6.07) is 17.5. The number of carbonyl (C=O) groups excluding carboxylic acids is 1. The van der Waals surface area contributed by atoms with Gasteiger partial charge in [-0.2, -0.15) is 0 Å². The van der Waals surface area contributed by atoms with E-state index < -0.39 is 0 Å². The zero-order chi connectivity index (χ0) is 19.7.